The number of likely N-dealkylation sites (tertiary alicyclic amines) is 1. The van der Waals surface area contributed by atoms with Gasteiger partial charge in [0.25, 0.3) is 0 Å². The summed E-state index contributed by atoms with van der Waals surface area (Å²) in [5.41, 5.74) is 3.57. The van der Waals surface area contributed by atoms with Crippen LogP contribution in [-0.4, -0.2) is 28.3 Å². The van der Waals surface area contributed by atoms with Gasteiger partial charge < -0.3 is 9.42 Å². The van der Waals surface area contributed by atoms with Crippen molar-refractivity contribution in [3.63, 3.8) is 0 Å². The van der Waals surface area contributed by atoms with E-state index in [4.69, 9.17) is 4.52 Å². The predicted molar refractivity (Wildman–Crippen MR) is 97.1 cm³/mol. The predicted octanol–water partition coefficient (Wildman–Crippen LogP) is 3.85. The van der Waals surface area contributed by atoms with Crippen LogP contribution in [0.2, 0.25) is 0 Å². The van der Waals surface area contributed by atoms with Gasteiger partial charge in [-0.2, -0.15) is 0 Å². The van der Waals surface area contributed by atoms with Crippen LogP contribution in [0.1, 0.15) is 55.2 Å². The molecule has 0 saturated carbocycles. The smallest absolute Gasteiger partial charge is 0.227 e. The molecule has 0 radical (unpaired) electrons. The van der Waals surface area contributed by atoms with Crippen LogP contribution in [0, 0.1) is 6.92 Å². The van der Waals surface area contributed by atoms with E-state index in [2.05, 4.69) is 5.16 Å². The molecule has 2 aliphatic rings. The highest BCUT2D eigenvalue weighted by atomic mass is 16.5. The third kappa shape index (κ3) is 3.09. The minimum atomic E-state index is -0.0685. The van der Waals surface area contributed by atoms with Gasteiger partial charge in [-0.05, 0) is 37.3 Å². The number of amides is 1. The lowest BCUT2D eigenvalue weighted by Gasteiger charge is -2.23. The van der Waals surface area contributed by atoms with Crippen molar-refractivity contribution in [1.82, 2.24) is 10.1 Å². The monoisotopic (exact) mass is 350 g/mol. The second-order valence-corrected chi connectivity index (χ2v) is 7.04. The molecule has 5 heteroatoms. The maximum Gasteiger partial charge on any atom is 0.227 e. The highest BCUT2D eigenvalue weighted by Gasteiger charge is 2.34. The summed E-state index contributed by atoms with van der Waals surface area (Å²) >= 11 is 0. The minimum Gasteiger partial charge on any atom is -0.359 e. The number of aryl methyl sites for hydroxylation is 1. The summed E-state index contributed by atoms with van der Waals surface area (Å²) in [6, 6.07) is 11.7. The molecule has 2 heterocycles. The van der Waals surface area contributed by atoms with Crippen molar-refractivity contribution in [2.75, 3.05) is 6.54 Å². The van der Waals surface area contributed by atoms with E-state index in [1.807, 2.05) is 48.2 Å². The Morgan fingerprint density at radius 3 is 2.81 bits per heavy atom. The van der Waals surface area contributed by atoms with Crippen LogP contribution in [-0.2, 0) is 9.59 Å². The van der Waals surface area contributed by atoms with Gasteiger partial charge in [-0.15, -0.1) is 0 Å². The van der Waals surface area contributed by atoms with Crippen LogP contribution >= 0.6 is 0 Å². The molecule has 0 N–H and O–H groups in total. The molecule has 1 aromatic heterocycles. The molecule has 1 aliphatic carbocycles. The summed E-state index contributed by atoms with van der Waals surface area (Å²) in [5.74, 6) is 0.840. The van der Waals surface area contributed by atoms with E-state index in [1.54, 1.807) is 0 Å². The molecule has 1 unspecified atom stereocenters. The Bertz CT molecular complexity index is 866. The molecule has 1 atom stereocenters. The Kier molecular flexibility index (Phi) is 4.45. The number of hydrogen-bond acceptors (Lipinski definition) is 4. The molecule has 1 amide bonds. The molecule has 0 spiro atoms. The molecule has 134 valence electrons. The summed E-state index contributed by atoms with van der Waals surface area (Å²) in [6.07, 6.45) is 3.20. The van der Waals surface area contributed by atoms with E-state index in [1.165, 1.54) is 0 Å². The molecular formula is C21H22N2O3. The number of aromatic nitrogens is 1. The SMILES string of the molecule is Cc1cc(C2CCCN2C(=O)CC2=C(c3ccccc3)CCC2=O)on1. The zero-order chi connectivity index (χ0) is 18.1. The Morgan fingerprint density at radius 2 is 2.08 bits per heavy atom. The zero-order valence-corrected chi connectivity index (χ0v) is 14.9. The van der Waals surface area contributed by atoms with E-state index in [-0.39, 0.29) is 24.2 Å². The van der Waals surface area contributed by atoms with Gasteiger partial charge in [0, 0.05) is 24.6 Å². The number of Topliss-reactive ketones (excluding diaryl/α,β-unsaturated/α-hetero) is 1. The Hall–Kier alpha value is -2.69. The summed E-state index contributed by atoms with van der Waals surface area (Å²) in [4.78, 5) is 27.2. The first kappa shape index (κ1) is 16.8. The molecule has 1 fully saturated rings. The number of carbonyl (C=O) groups is 2. The second-order valence-electron chi connectivity index (χ2n) is 7.04. The molecule has 5 nitrogen and oxygen atoms in total. The Morgan fingerprint density at radius 1 is 1.27 bits per heavy atom. The molecular weight excluding hydrogens is 328 g/mol. The van der Waals surface area contributed by atoms with Crippen LogP contribution in [0.4, 0.5) is 0 Å². The van der Waals surface area contributed by atoms with Crippen LogP contribution in [0.25, 0.3) is 5.57 Å². The van der Waals surface area contributed by atoms with Gasteiger partial charge in [0.1, 0.15) is 0 Å². The van der Waals surface area contributed by atoms with Gasteiger partial charge in [-0.1, -0.05) is 35.5 Å². The van der Waals surface area contributed by atoms with Crippen LogP contribution in [0.15, 0.2) is 46.5 Å². The first-order valence-corrected chi connectivity index (χ1v) is 9.17. The maximum absolute atomic E-state index is 13.0. The van der Waals surface area contributed by atoms with Crippen molar-refractivity contribution in [3.8, 4) is 0 Å². The molecule has 1 aromatic carbocycles. The van der Waals surface area contributed by atoms with Gasteiger partial charge in [-0.3, -0.25) is 9.59 Å². The third-order valence-electron chi connectivity index (χ3n) is 5.30. The van der Waals surface area contributed by atoms with Gasteiger partial charge in [0.2, 0.25) is 5.91 Å². The Balaban J connectivity index is 1.57. The minimum absolute atomic E-state index is 0.000217. The molecule has 4 rings (SSSR count). The summed E-state index contributed by atoms with van der Waals surface area (Å²) in [6.45, 7) is 2.58. The lowest BCUT2D eigenvalue weighted by Crippen LogP contribution is -2.31. The number of carbonyl (C=O) groups excluding carboxylic acids is 2. The van der Waals surface area contributed by atoms with Crippen LogP contribution in [0.3, 0.4) is 0 Å². The van der Waals surface area contributed by atoms with Crippen molar-refractivity contribution in [2.24, 2.45) is 0 Å². The highest BCUT2D eigenvalue weighted by molar-refractivity contribution is 6.10. The quantitative estimate of drug-likeness (QED) is 0.840. The number of rotatable bonds is 4. The zero-order valence-electron chi connectivity index (χ0n) is 14.9. The molecule has 1 saturated heterocycles. The van der Waals surface area contributed by atoms with E-state index in [0.29, 0.717) is 18.5 Å². The van der Waals surface area contributed by atoms with Crippen LogP contribution in [0.5, 0.6) is 0 Å². The lowest BCUT2D eigenvalue weighted by atomic mass is 9.99. The number of benzene rings is 1. The lowest BCUT2D eigenvalue weighted by molar-refractivity contribution is -0.132. The number of ketones is 1. The van der Waals surface area contributed by atoms with E-state index in [0.717, 1.165) is 41.9 Å². The summed E-state index contributed by atoms with van der Waals surface area (Å²) in [5, 5.41) is 3.95. The third-order valence-corrected chi connectivity index (χ3v) is 5.30. The fraction of sp³-hybridized carbons (Fsp3) is 0.381. The van der Waals surface area contributed by atoms with Gasteiger partial charge in [-0.25, -0.2) is 0 Å². The normalized spacial score (nSPS) is 20.3. The fourth-order valence-electron chi connectivity index (χ4n) is 4.03. The van der Waals surface area contributed by atoms with E-state index in [9.17, 15) is 9.59 Å². The average molecular weight is 350 g/mol. The number of allylic oxidation sites excluding steroid dienone is 1. The van der Waals surface area contributed by atoms with Crippen molar-refractivity contribution in [1.29, 1.82) is 0 Å². The van der Waals surface area contributed by atoms with Gasteiger partial charge in [0.05, 0.1) is 18.2 Å². The highest BCUT2D eigenvalue weighted by Crippen LogP contribution is 2.37. The number of nitrogens with zero attached hydrogens (tertiary/aromatic N) is 2. The van der Waals surface area contributed by atoms with E-state index >= 15 is 0 Å². The average Bonchev–Trinajstić information content (AvgIpc) is 3.36. The van der Waals surface area contributed by atoms with Crippen LogP contribution < -0.4 is 0 Å². The maximum atomic E-state index is 13.0. The van der Waals surface area contributed by atoms with Gasteiger partial charge in [0.15, 0.2) is 11.5 Å². The molecule has 2 aromatic rings. The standard InChI is InChI=1S/C21H22N2O3/c1-14-12-20(26-22-14)18-8-5-11-23(18)21(25)13-17-16(9-10-19(17)24)15-6-3-2-4-7-15/h2-4,6-7,12,18H,5,8-11,13H2,1H3. The van der Waals surface area contributed by atoms with Crippen molar-refractivity contribution in [3.05, 3.63) is 59.0 Å². The first-order chi connectivity index (χ1) is 12.6. The number of hydrogen-bond donors (Lipinski definition) is 0. The fourth-order valence-corrected chi connectivity index (χ4v) is 4.03. The summed E-state index contributed by atoms with van der Waals surface area (Å²) in [7, 11) is 0. The van der Waals surface area contributed by atoms with Crippen molar-refractivity contribution >= 4 is 17.3 Å². The van der Waals surface area contributed by atoms with Crippen molar-refractivity contribution < 1.29 is 14.1 Å². The molecule has 26 heavy (non-hydrogen) atoms. The Labute approximate surface area is 152 Å². The second kappa shape index (κ2) is 6.90. The topological polar surface area (TPSA) is 63.4 Å². The van der Waals surface area contributed by atoms with Gasteiger partial charge >= 0.3 is 0 Å². The van der Waals surface area contributed by atoms with E-state index < -0.39 is 0 Å². The molecule has 0 bridgehead atoms. The summed E-state index contributed by atoms with van der Waals surface area (Å²) < 4.78 is 5.39. The largest absolute Gasteiger partial charge is 0.359 e. The van der Waals surface area contributed by atoms with Crippen molar-refractivity contribution in [2.45, 2.75) is 45.1 Å². The first-order valence-electron chi connectivity index (χ1n) is 9.17. The molecule has 1 aliphatic heterocycles.